The van der Waals surface area contributed by atoms with Crippen LogP contribution in [0.5, 0.6) is 0 Å². The van der Waals surface area contributed by atoms with Crippen LogP contribution in [0.25, 0.3) is 0 Å². The van der Waals surface area contributed by atoms with Crippen molar-refractivity contribution in [2.75, 3.05) is 7.05 Å². The largest absolute Gasteiger partial charge is 0.292 e. The lowest BCUT2D eigenvalue weighted by atomic mass is 10.2. The van der Waals surface area contributed by atoms with Gasteiger partial charge in [0.15, 0.2) is 0 Å². The molecule has 18 heavy (non-hydrogen) atoms. The predicted octanol–water partition coefficient (Wildman–Crippen LogP) is 2.98. The zero-order valence-electron chi connectivity index (χ0n) is 11.2. The first-order valence-electron chi connectivity index (χ1n) is 6.19. The fourth-order valence-electron chi connectivity index (χ4n) is 1.83. The molecule has 0 aliphatic rings. The van der Waals surface area contributed by atoms with Crippen molar-refractivity contribution >= 4 is 0 Å². The summed E-state index contributed by atoms with van der Waals surface area (Å²) in [7, 11) is 2.10. The Labute approximate surface area is 109 Å². The molecule has 0 unspecified atom stereocenters. The van der Waals surface area contributed by atoms with Gasteiger partial charge in [-0.05, 0) is 44.7 Å². The van der Waals surface area contributed by atoms with E-state index in [2.05, 4.69) is 54.0 Å². The first-order chi connectivity index (χ1) is 8.66. The maximum Gasteiger partial charge on any atom is 0.0572 e. The molecule has 0 aliphatic carbocycles. The van der Waals surface area contributed by atoms with E-state index in [-0.39, 0.29) is 6.04 Å². The standard InChI is InChI=1S/C15H19N3/c1-12-7-8-14(17-10-12)11-18(3)13(2)15-6-4-5-9-16-15/h4-10,13H,11H2,1-3H3/t13-/m0/s1. The van der Waals surface area contributed by atoms with E-state index < -0.39 is 0 Å². The number of rotatable bonds is 4. The van der Waals surface area contributed by atoms with Gasteiger partial charge >= 0.3 is 0 Å². The van der Waals surface area contributed by atoms with Crippen LogP contribution >= 0.6 is 0 Å². The minimum absolute atomic E-state index is 0.286. The maximum atomic E-state index is 4.43. The molecule has 3 heteroatoms. The van der Waals surface area contributed by atoms with Gasteiger partial charge in [0.25, 0.3) is 0 Å². The molecule has 2 heterocycles. The fourth-order valence-corrected chi connectivity index (χ4v) is 1.83. The van der Waals surface area contributed by atoms with E-state index in [9.17, 15) is 0 Å². The zero-order valence-corrected chi connectivity index (χ0v) is 11.2. The number of aromatic nitrogens is 2. The van der Waals surface area contributed by atoms with E-state index in [0.29, 0.717) is 0 Å². The number of nitrogens with zero attached hydrogens (tertiary/aromatic N) is 3. The average molecular weight is 241 g/mol. The van der Waals surface area contributed by atoms with Crippen molar-refractivity contribution in [2.24, 2.45) is 0 Å². The summed E-state index contributed by atoms with van der Waals surface area (Å²) >= 11 is 0. The van der Waals surface area contributed by atoms with Gasteiger partial charge in [-0.15, -0.1) is 0 Å². The Hall–Kier alpha value is -1.74. The molecule has 0 saturated heterocycles. The van der Waals surface area contributed by atoms with Crippen LogP contribution < -0.4 is 0 Å². The summed E-state index contributed by atoms with van der Waals surface area (Å²) in [5.74, 6) is 0. The van der Waals surface area contributed by atoms with E-state index in [4.69, 9.17) is 0 Å². The average Bonchev–Trinajstić information content (AvgIpc) is 2.41. The summed E-state index contributed by atoms with van der Waals surface area (Å²) in [6.45, 7) is 5.05. The maximum absolute atomic E-state index is 4.43. The third-order valence-electron chi connectivity index (χ3n) is 3.16. The Morgan fingerprint density at radius 2 is 2.00 bits per heavy atom. The Kier molecular flexibility index (Phi) is 4.05. The SMILES string of the molecule is Cc1ccc(CN(C)[C@@H](C)c2ccccn2)nc1. The van der Waals surface area contributed by atoms with Crippen LogP contribution in [0.3, 0.4) is 0 Å². The minimum atomic E-state index is 0.286. The highest BCUT2D eigenvalue weighted by Gasteiger charge is 2.13. The zero-order chi connectivity index (χ0) is 13.0. The van der Waals surface area contributed by atoms with Crippen molar-refractivity contribution < 1.29 is 0 Å². The molecule has 0 amide bonds. The highest BCUT2D eigenvalue weighted by atomic mass is 15.1. The summed E-state index contributed by atoms with van der Waals surface area (Å²) in [6, 6.07) is 10.5. The Bertz CT molecular complexity index is 479. The molecule has 0 spiro atoms. The smallest absolute Gasteiger partial charge is 0.0572 e. The molecule has 2 aromatic heterocycles. The molecule has 0 bridgehead atoms. The summed E-state index contributed by atoms with van der Waals surface area (Å²) in [4.78, 5) is 11.1. The molecular formula is C15H19N3. The van der Waals surface area contributed by atoms with Crippen LogP contribution in [-0.4, -0.2) is 21.9 Å². The van der Waals surface area contributed by atoms with Crippen molar-refractivity contribution in [3.63, 3.8) is 0 Å². The molecule has 3 nitrogen and oxygen atoms in total. The van der Waals surface area contributed by atoms with Crippen LogP contribution in [0.1, 0.15) is 29.9 Å². The lowest BCUT2D eigenvalue weighted by molar-refractivity contribution is 0.246. The third kappa shape index (κ3) is 3.14. The van der Waals surface area contributed by atoms with Gasteiger partial charge in [0.2, 0.25) is 0 Å². The molecule has 0 radical (unpaired) electrons. The molecule has 0 aromatic carbocycles. The van der Waals surface area contributed by atoms with Gasteiger partial charge in [0, 0.05) is 25.0 Å². The molecule has 94 valence electrons. The molecule has 1 atom stereocenters. The van der Waals surface area contributed by atoms with Gasteiger partial charge in [0.05, 0.1) is 11.4 Å². The number of hydrogen-bond donors (Lipinski definition) is 0. The topological polar surface area (TPSA) is 29.0 Å². The molecule has 0 N–H and O–H groups in total. The second kappa shape index (κ2) is 5.74. The highest BCUT2D eigenvalue weighted by Crippen LogP contribution is 2.17. The minimum Gasteiger partial charge on any atom is -0.292 e. The van der Waals surface area contributed by atoms with Crippen molar-refractivity contribution in [1.29, 1.82) is 0 Å². The van der Waals surface area contributed by atoms with Crippen molar-refractivity contribution in [2.45, 2.75) is 26.4 Å². The molecule has 2 rings (SSSR count). The van der Waals surface area contributed by atoms with Crippen molar-refractivity contribution in [3.05, 3.63) is 59.7 Å². The van der Waals surface area contributed by atoms with E-state index in [1.165, 1.54) is 5.56 Å². The monoisotopic (exact) mass is 241 g/mol. The van der Waals surface area contributed by atoms with Gasteiger partial charge in [0.1, 0.15) is 0 Å². The first-order valence-corrected chi connectivity index (χ1v) is 6.19. The van der Waals surface area contributed by atoms with E-state index >= 15 is 0 Å². The van der Waals surface area contributed by atoms with Gasteiger partial charge in [-0.25, -0.2) is 0 Å². The Morgan fingerprint density at radius 1 is 1.17 bits per heavy atom. The second-order valence-electron chi connectivity index (χ2n) is 4.67. The summed E-state index contributed by atoms with van der Waals surface area (Å²) in [5, 5.41) is 0. The van der Waals surface area contributed by atoms with Gasteiger partial charge < -0.3 is 0 Å². The molecule has 0 fully saturated rings. The van der Waals surface area contributed by atoms with Gasteiger partial charge in [-0.3, -0.25) is 14.9 Å². The van der Waals surface area contributed by atoms with Crippen molar-refractivity contribution in [1.82, 2.24) is 14.9 Å². The molecule has 0 saturated carbocycles. The van der Waals surface area contributed by atoms with E-state index in [0.717, 1.165) is 17.9 Å². The second-order valence-corrected chi connectivity index (χ2v) is 4.67. The fraction of sp³-hybridized carbons (Fsp3) is 0.333. The van der Waals surface area contributed by atoms with Crippen LogP contribution in [0.15, 0.2) is 42.7 Å². The highest BCUT2D eigenvalue weighted by molar-refractivity contribution is 5.13. The van der Waals surface area contributed by atoms with Crippen LogP contribution in [0.2, 0.25) is 0 Å². The molecule has 0 aliphatic heterocycles. The number of pyridine rings is 2. The van der Waals surface area contributed by atoms with Gasteiger partial charge in [-0.1, -0.05) is 12.1 Å². The van der Waals surface area contributed by atoms with Crippen LogP contribution in [0, 0.1) is 6.92 Å². The van der Waals surface area contributed by atoms with Crippen molar-refractivity contribution in [3.8, 4) is 0 Å². The third-order valence-corrected chi connectivity index (χ3v) is 3.16. The number of hydrogen-bond acceptors (Lipinski definition) is 3. The first kappa shape index (κ1) is 12.7. The summed E-state index contributed by atoms with van der Waals surface area (Å²) in [6.07, 6.45) is 3.75. The predicted molar refractivity (Wildman–Crippen MR) is 73.1 cm³/mol. The van der Waals surface area contributed by atoms with Gasteiger partial charge in [-0.2, -0.15) is 0 Å². The Balaban J connectivity index is 2.03. The van der Waals surface area contributed by atoms with E-state index in [1.54, 1.807) is 0 Å². The van der Waals surface area contributed by atoms with Crippen LogP contribution in [-0.2, 0) is 6.54 Å². The summed E-state index contributed by atoms with van der Waals surface area (Å²) < 4.78 is 0. The lowest BCUT2D eigenvalue weighted by Crippen LogP contribution is -2.23. The number of aryl methyl sites for hydroxylation is 1. The Morgan fingerprint density at radius 3 is 2.61 bits per heavy atom. The van der Waals surface area contributed by atoms with Crippen LogP contribution in [0.4, 0.5) is 0 Å². The lowest BCUT2D eigenvalue weighted by Gasteiger charge is -2.23. The molecule has 2 aromatic rings. The summed E-state index contributed by atoms with van der Waals surface area (Å²) in [5.41, 5.74) is 3.37. The molecular weight excluding hydrogens is 222 g/mol. The normalized spacial score (nSPS) is 12.7. The quantitative estimate of drug-likeness (QED) is 0.824. The van der Waals surface area contributed by atoms with E-state index in [1.807, 2.05) is 24.5 Å².